The van der Waals surface area contributed by atoms with Crippen LogP contribution in [0.5, 0.6) is 0 Å². The Morgan fingerprint density at radius 2 is 1.97 bits per heavy atom. The van der Waals surface area contributed by atoms with E-state index in [0.717, 1.165) is 16.9 Å². The van der Waals surface area contributed by atoms with Crippen molar-refractivity contribution < 1.29 is 4.74 Å². The molecule has 3 aromatic heterocycles. The SMILES string of the molecule is CCOCCn1c(=O)c2c(nc3n(-c4cc(Cl)ccc4C)c(C)cn23)n(C)c1=O. The Morgan fingerprint density at radius 3 is 2.69 bits per heavy atom. The maximum absolute atomic E-state index is 13.2. The summed E-state index contributed by atoms with van der Waals surface area (Å²) in [5, 5.41) is 0.610. The van der Waals surface area contributed by atoms with Crippen LogP contribution < -0.4 is 11.2 Å². The highest BCUT2D eigenvalue weighted by Crippen LogP contribution is 2.25. The van der Waals surface area contributed by atoms with E-state index in [1.54, 1.807) is 11.4 Å². The zero-order valence-electron chi connectivity index (χ0n) is 16.8. The van der Waals surface area contributed by atoms with Crippen molar-refractivity contribution in [2.45, 2.75) is 27.3 Å². The lowest BCUT2D eigenvalue weighted by molar-refractivity contribution is 0.137. The topological polar surface area (TPSA) is 75.5 Å². The zero-order valence-corrected chi connectivity index (χ0v) is 17.5. The lowest BCUT2D eigenvalue weighted by atomic mass is 10.2. The third-order valence-electron chi connectivity index (χ3n) is 5.10. The van der Waals surface area contributed by atoms with E-state index in [1.807, 2.05) is 49.7 Å². The molecule has 0 saturated carbocycles. The molecule has 4 aromatic rings. The molecule has 0 N–H and O–H groups in total. The summed E-state index contributed by atoms with van der Waals surface area (Å²) in [6.07, 6.45) is 1.85. The van der Waals surface area contributed by atoms with Gasteiger partial charge in [-0.1, -0.05) is 17.7 Å². The van der Waals surface area contributed by atoms with Gasteiger partial charge in [-0.3, -0.25) is 22.9 Å². The van der Waals surface area contributed by atoms with Crippen molar-refractivity contribution in [3.8, 4) is 5.69 Å². The number of ether oxygens (including phenoxy) is 1. The Labute approximate surface area is 171 Å². The predicted molar refractivity (Wildman–Crippen MR) is 113 cm³/mol. The third kappa shape index (κ3) is 2.99. The van der Waals surface area contributed by atoms with Crippen LogP contribution in [0.25, 0.3) is 22.6 Å². The highest BCUT2D eigenvalue weighted by atomic mass is 35.5. The lowest BCUT2D eigenvalue weighted by Gasteiger charge is -2.10. The van der Waals surface area contributed by atoms with E-state index < -0.39 is 5.69 Å². The van der Waals surface area contributed by atoms with Gasteiger partial charge >= 0.3 is 5.69 Å². The van der Waals surface area contributed by atoms with Gasteiger partial charge in [0.2, 0.25) is 5.78 Å². The number of rotatable bonds is 5. The maximum Gasteiger partial charge on any atom is 0.332 e. The molecule has 0 spiro atoms. The van der Waals surface area contributed by atoms with Gasteiger partial charge in [0.15, 0.2) is 11.2 Å². The number of nitrogens with zero attached hydrogens (tertiary/aromatic N) is 5. The Kier molecular flexibility index (Phi) is 4.84. The summed E-state index contributed by atoms with van der Waals surface area (Å²) in [4.78, 5) is 30.5. The van der Waals surface area contributed by atoms with Gasteiger partial charge in [0.1, 0.15) is 0 Å². The largest absolute Gasteiger partial charge is 0.380 e. The molecule has 0 bridgehead atoms. The van der Waals surface area contributed by atoms with Gasteiger partial charge in [0.05, 0.1) is 18.8 Å². The van der Waals surface area contributed by atoms with Crippen molar-refractivity contribution >= 4 is 28.5 Å². The van der Waals surface area contributed by atoms with Crippen LogP contribution in [0.1, 0.15) is 18.2 Å². The fourth-order valence-electron chi connectivity index (χ4n) is 3.63. The second-order valence-electron chi connectivity index (χ2n) is 6.99. The molecule has 9 heteroatoms. The first-order chi connectivity index (χ1) is 13.8. The smallest absolute Gasteiger partial charge is 0.332 e. The third-order valence-corrected chi connectivity index (χ3v) is 5.34. The lowest BCUT2D eigenvalue weighted by Crippen LogP contribution is -2.40. The minimum atomic E-state index is -0.412. The molecule has 0 amide bonds. The first-order valence-electron chi connectivity index (χ1n) is 9.39. The minimum absolute atomic E-state index is 0.190. The van der Waals surface area contributed by atoms with Crippen LogP contribution in [-0.2, 0) is 18.3 Å². The molecule has 0 unspecified atom stereocenters. The van der Waals surface area contributed by atoms with Crippen molar-refractivity contribution in [2.75, 3.05) is 13.2 Å². The molecule has 0 aliphatic carbocycles. The standard InChI is InChI=1S/C20H22ClN5O3/c1-5-29-9-8-24-18(27)16-17(23(4)20(24)28)22-19-25(16)11-13(3)26(19)15-10-14(21)7-6-12(15)2/h6-7,10-11H,5,8-9H2,1-4H3. The van der Waals surface area contributed by atoms with Crippen molar-refractivity contribution in [1.29, 1.82) is 0 Å². The summed E-state index contributed by atoms with van der Waals surface area (Å²) in [5.74, 6) is 0.553. The van der Waals surface area contributed by atoms with Crippen molar-refractivity contribution in [1.82, 2.24) is 23.1 Å². The normalized spacial score (nSPS) is 11.8. The zero-order chi connectivity index (χ0) is 20.9. The van der Waals surface area contributed by atoms with Crippen molar-refractivity contribution in [3.63, 3.8) is 0 Å². The number of aryl methyl sites for hydroxylation is 3. The van der Waals surface area contributed by atoms with Crippen molar-refractivity contribution in [3.05, 3.63) is 61.5 Å². The molecular weight excluding hydrogens is 394 g/mol. The van der Waals surface area contributed by atoms with Gasteiger partial charge in [-0.05, 0) is 38.5 Å². The molecule has 0 fully saturated rings. The average Bonchev–Trinajstić information content (AvgIpc) is 3.19. The van der Waals surface area contributed by atoms with E-state index in [9.17, 15) is 9.59 Å². The monoisotopic (exact) mass is 415 g/mol. The number of hydrogen-bond acceptors (Lipinski definition) is 4. The highest BCUT2D eigenvalue weighted by Gasteiger charge is 2.21. The van der Waals surface area contributed by atoms with E-state index >= 15 is 0 Å². The Balaban J connectivity index is 2.04. The summed E-state index contributed by atoms with van der Waals surface area (Å²) >= 11 is 6.22. The van der Waals surface area contributed by atoms with Gasteiger partial charge in [0.25, 0.3) is 5.56 Å². The summed E-state index contributed by atoms with van der Waals surface area (Å²) in [7, 11) is 1.62. The first-order valence-corrected chi connectivity index (χ1v) is 9.77. The fourth-order valence-corrected chi connectivity index (χ4v) is 3.80. The van der Waals surface area contributed by atoms with Gasteiger partial charge in [-0.2, -0.15) is 4.98 Å². The van der Waals surface area contributed by atoms with E-state index in [4.69, 9.17) is 16.3 Å². The van der Waals surface area contributed by atoms with E-state index in [2.05, 4.69) is 4.98 Å². The van der Waals surface area contributed by atoms with Gasteiger partial charge in [0, 0.05) is 30.6 Å². The van der Waals surface area contributed by atoms with Crippen LogP contribution in [0.3, 0.4) is 0 Å². The molecular formula is C20H22ClN5O3. The fraction of sp³-hybridized carbons (Fsp3) is 0.350. The van der Waals surface area contributed by atoms with Crippen LogP contribution in [0.2, 0.25) is 5.02 Å². The summed E-state index contributed by atoms with van der Waals surface area (Å²) < 4.78 is 11.6. The van der Waals surface area contributed by atoms with Gasteiger partial charge < -0.3 is 4.74 Å². The molecule has 1 aromatic carbocycles. The molecule has 0 atom stereocenters. The Hall–Kier alpha value is -2.84. The van der Waals surface area contributed by atoms with Gasteiger partial charge in [-0.25, -0.2) is 4.79 Å². The number of halogens is 1. The number of imidazole rings is 2. The molecule has 4 rings (SSSR count). The summed E-state index contributed by atoms with van der Waals surface area (Å²) in [6, 6.07) is 5.63. The molecule has 29 heavy (non-hydrogen) atoms. The highest BCUT2D eigenvalue weighted by molar-refractivity contribution is 6.30. The van der Waals surface area contributed by atoms with Crippen molar-refractivity contribution in [2.24, 2.45) is 7.05 Å². The molecule has 3 heterocycles. The first kappa shape index (κ1) is 19.5. The van der Waals surface area contributed by atoms with Gasteiger partial charge in [-0.15, -0.1) is 0 Å². The number of hydrogen-bond donors (Lipinski definition) is 0. The maximum atomic E-state index is 13.2. The average molecular weight is 416 g/mol. The molecule has 8 nitrogen and oxygen atoms in total. The van der Waals surface area contributed by atoms with Crippen LogP contribution >= 0.6 is 11.6 Å². The number of fused-ring (bicyclic) bond motifs is 3. The van der Waals surface area contributed by atoms with E-state index in [-0.39, 0.29) is 12.1 Å². The Bertz CT molecular complexity index is 1360. The molecule has 0 aliphatic rings. The molecule has 0 saturated heterocycles. The number of aromatic nitrogens is 5. The second-order valence-corrected chi connectivity index (χ2v) is 7.42. The minimum Gasteiger partial charge on any atom is -0.380 e. The summed E-state index contributed by atoms with van der Waals surface area (Å²) in [5.41, 5.74) is 2.71. The van der Waals surface area contributed by atoms with Crippen LogP contribution in [0, 0.1) is 13.8 Å². The molecule has 152 valence electrons. The van der Waals surface area contributed by atoms with E-state index in [0.29, 0.717) is 35.2 Å². The summed E-state index contributed by atoms with van der Waals surface area (Å²) in [6.45, 7) is 6.80. The molecule has 0 radical (unpaired) electrons. The van der Waals surface area contributed by atoms with E-state index in [1.165, 1.54) is 9.13 Å². The van der Waals surface area contributed by atoms with Crippen LogP contribution in [-0.4, -0.2) is 36.3 Å². The number of benzene rings is 1. The predicted octanol–water partition coefficient (Wildman–Crippen LogP) is 2.45. The van der Waals surface area contributed by atoms with Crippen LogP contribution in [0.15, 0.2) is 34.0 Å². The van der Waals surface area contributed by atoms with Crippen LogP contribution in [0.4, 0.5) is 0 Å². The quantitative estimate of drug-likeness (QED) is 0.469. The second kappa shape index (κ2) is 7.20. The molecule has 0 aliphatic heterocycles. The Morgan fingerprint density at radius 1 is 1.21 bits per heavy atom.